The first kappa shape index (κ1) is 62.3. The third-order valence-electron chi connectivity index (χ3n) is 20.9. The van der Waals surface area contributed by atoms with Gasteiger partial charge < -0.3 is 18.6 Å². The first-order valence-electron chi connectivity index (χ1n) is 35.4. The van der Waals surface area contributed by atoms with E-state index in [1.165, 1.54) is 77.5 Å². The van der Waals surface area contributed by atoms with Gasteiger partial charge in [-0.15, -0.1) is 0 Å². The number of hydrogen-bond donors (Lipinski definition) is 0. The summed E-state index contributed by atoms with van der Waals surface area (Å²) >= 11 is 0. The Morgan fingerprint density at radius 3 is 0.810 bits per heavy atom. The largest absolute Gasteiger partial charge is 0.454 e. The minimum Gasteiger partial charge on any atom is -0.454 e. The third-order valence-corrected chi connectivity index (χ3v) is 20.9. The standard InChI is InChI=1S/C96H82N2O2/c1-93(2,3)63-53-75-71-45-31-47-79(91(71)99-89(75)77(55-63)95(7,8)9)97(65-41-27-17-28-42-65)67-49-51-69-73(57-67)83(61-37-23-15-24-38-61)87-85(81(69)59-33-19-13-20-34-59)88-84(62-39-25-16-26-40-62)74-58-68(50-52-70(74)82(86(87)88)60-35-21-14-22-36-60)98(66-43-29-18-30-44-66)80-48-32-46-72-76-54-64(94(4,5)6)56-78(96(10,11)12)90(76)100-92(72)80/h13-58H,1-12H3. The van der Waals surface area contributed by atoms with Crippen molar-refractivity contribution in [2.75, 3.05) is 9.80 Å². The van der Waals surface area contributed by atoms with Crippen molar-refractivity contribution in [1.29, 1.82) is 0 Å². The van der Waals surface area contributed by atoms with Crippen molar-refractivity contribution in [2.24, 2.45) is 0 Å². The van der Waals surface area contributed by atoms with Crippen LogP contribution in [0.25, 0.3) is 132 Å². The molecule has 2 aromatic heterocycles. The highest BCUT2D eigenvalue weighted by Crippen LogP contribution is 2.66. The highest BCUT2D eigenvalue weighted by Gasteiger charge is 2.40. The number of hydrogen-bond acceptors (Lipinski definition) is 4. The van der Waals surface area contributed by atoms with Gasteiger partial charge in [0, 0.05) is 55.4 Å². The van der Waals surface area contributed by atoms with Gasteiger partial charge in [0.05, 0.1) is 11.4 Å². The lowest BCUT2D eigenvalue weighted by atomic mass is 9.65. The van der Waals surface area contributed by atoms with Crippen LogP contribution in [0.1, 0.15) is 105 Å². The molecular weight excluding hydrogens is 1210 g/mol. The van der Waals surface area contributed by atoms with Crippen LogP contribution in [0.2, 0.25) is 0 Å². The normalized spacial score (nSPS) is 12.6. The average molecular weight is 1300 g/mol. The van der Waals surface area contributed by atoms with Crippen molar-refractivity contribution in [3.8, 4) is 66.8 Å². The van der Waals surface area contributed by atoms with E-state index in [-0.39, 0.29) is 21.7 Å². The maximum absolute atomic E-state index is 7.38. The second-order valence-electron chi connectivity index (χ2n) is 31.6. The lowest BCUT2D eigenvalue weighted by Gasteiger charge is -2.37. The molecule has 0 fully saturated rings. The van der Waals surface area contributed by atoms with Gasteiger partial charge in [0.15, 0.2) is 11.2 Å². The molecule has 2 heterocycles. The summed E-state index contributed by atoms with van der Waals surface area (Å²) in [5, 5.41) is 9.15. The predicted molar refractivity (Wildman–Crippen MR) is 426 cm³/mol. The molecule has 1 aliphatic carbocycles. The fourth-order valence-electron chi connectivity index (χ4n) is 15.9. The van der Waals surface area contributed by atoms with Crippen molar-refractivity contribution in [3.05, 3.63) is 301 Å². The molecule has 488 valence electrons. The van der Waals surface area contributed by atoms with E-state index in [9.17, 15) is 0 Å². The fraction of sp³-hybridized carbons (Fsp3) is 0.167. The predicted octanol–water partition coefficient (Wildman–Crippen LogP) is 28.2. The van der Waals surface area contributed by atoms with E-state index in [0.29, 0.717) is 0 Å². The summed E-state index contributed by atoms with van der Waals surface area (Å²) in [5.41, 5.74) is 28.6. The zero-order chi connectivity index (χ0) is 68.7. The first-order chi connectivity index (χ1) is 48.2. The number of furan rings is 2. The van der Waals surface area contributed by atoms with Gasteiger partial charge in [0.2, 0.25) is 0 Å². The number of fused-ring (bicyclic) bond motifs is 12. The molecule has 0 unspecified atom stereocenters. The SMILES string of the molecule is CC(C)(C)c1cc(C(C)(C)C)c2oc3c(N(c4ccccc4)c4ccc5c(-c6ccccc6)c6c(c(-c7ccccc7)c5c4)-c4c-6c(-c5ccccc5)c5cc(N(c6ccccc6)c6cccc7c6oc6c(C(C)(C)C)cc(C(C)(C)C)cc67)ccc5c4-c4ccccc4)cccc3c2c1. The molecule has 0 aliphatic heterocycles. The van der Waals surface area contributed by atoms with Crippen molar-refractivity contribution in [3.63, 3.8) is 0 Å². The van der Waals surface area contributed by atoms with E-state index < -0.39 is 0 Å². The van der Waals surface area contributed by atoms with Crippen LogP contribution in [0.4, 0.5) is 34.1 Å². The molecule has 0 spiro atoms. The maximum Gasteiger partial charge on any atom is 0.159 e. The highest BCUT2D eigenvalue weighted by atomic mass is 16.3. The summed E-state index contributed by atoms with van der Waals surface area (Å²) in [6.07, 6.45) is 0. The molecule has 0 amide bonds. The molecule has 0 saturated heterocycles. The Labute approximate surface area is 587 Å². The first-order valence-corrected chi connectivity index (χ1v) is 35.4. The molecule has 0 atom stereocenters. The Balaban J connectivity index is 0.968. The molecule has 100 heavy (non-hydrogen) atoms. The van der Waals surface area contributed by atoms with Crippen molar-refractivity contribution in [2.45, 2.75) is 105 Å². The Bertz CT molecular complexity index is 5520. The Morgan fingerprint density at radius 2 is 0.510 bits per heavy atom. The molecule has 4 nitrogen and oxygen atoms in total. The van der Waals surface area contributed by atoms with E-state index >= 15 is 0 Å². The van der Waals surface area contributed by atoms with Crippen LogP contribution >= 0.6 is 0 Å². The van der Waals surface area contributed by atoms with Gasteiger partial charge in [-0.3, -0.25) is 0 Å². The van der Waals surface area contributed by atoms with Crippen LogP contribution in [0.5, 0.6) is 0 Å². The van der Waals surface area contributed by atoms with E-state index in [0.717, 1.165) is 111 Å². The van der Waals surface area contributed by atoms with Crippen LogP contribution in [-0.2, 0) is 21.7 Å². The smallest absolute Gasteiger partial charge is 0.159 e. The second kappa shape index (κ2) is 23.2. The summed E-state index contributed by atoms with van der Waals surface area (Å²) in [4.78, 5) is 4.84. The topological polar surface area (TPSA) is 32.8 Å². The minimum absolute atomic E-state index is 0.0674. The summed E-state index contributed by atoms with van der Waals surface area (Å²) in [5.74, 6) is 0. The molecule has 16 aromatic rings. The van der Waals surface area contributed by atoms with Gasteiger partial charge in [0.1, 0.15) is 11.2 Å². The van der Waals surface area contributed by atoms with Crippen LogP contribution in [-0.4, -0.2) is 0 Å². The maximum atomic E-state index is 7.38. The molecule has 0 N–H and O–H groups in total. The Morgan fingerprint density at radius 1 is 0.210 bits per heavy atom. The van der Waals surface area contributed by atoms with Crippen LogP contribution in [0.15, 0.2) is 288 Å². The average Bonchev–Trinajstić information content (AvgIpc) is 0.830. The fourth-order valence-corrected chi connectivity index (χ4v) is 15.9. The summed E-state index contributed by atoms with van der Waals surface area (Å²) in [6, 6.07) is 104. The highest BCUT2D eigenvalue weighted by molar-refractivity contribution is 6.33. The molecule has 17 rings (SSSR count). The van der Waals surface area contributed by atoms with E-state index in [4.69, 9.17) is 8.83 Å². The van der Waals surface area contributed by atoms with Crippen molar-refractivity contribution < 1.29 is 8.83 Å². The van der Waals surface area contributed by atoms with Gasteiger partial charge in [-0.2, -0.15) is 0 Å². The van der Waals surface area contributed by atoms with Crippen LogP contribution < -0.4 is 9.80 Å². The number of anilines is 6. The van der Waals surface area contributed by atoms with E-state index in [1.54, 1.807) is 0 Å². The van der Waals surface area contributed by atoms with Crippen molar-refractivity contribution in [1.82, 2.24) is 0 Å². The molecule has 4 heteroatoms. The van der Waals surface area contributed by atoms with Gasteiger partial charge in [-0.25, -0.2) is 0 Å². The lowest BCUT2D eigenvalue weighted by Crippen LogP contribution is -2.16. The van der Waals surface area contributed by atoms with Gasteiger partial charge in [-0.1, -0.05) is 289 Å². The summed E-state index contributed by atoms with van der Waals surface area (Å²) in [7, 11) is 0. The van der Waals surface area contributed by atoms with Crippen molar-refractivity contribution >= 4 is 99.5 Å². The molecular formula is C96H82N2O2. The van der Waals surface area contributed by atoms with E-state index in [1.807, 2.05) is 0 Å². The zero-order valence-corrected chi connectivity index (χ0v) is 59.3. The Kier molecular flexibility index (Phi) is 14.5. The number of benzene rings is 14. The van der Waals surface area contributed by atoms with Crippen LogP contribution in [0.3, 0.4) is 0 Å². The lowest BCUT2D eigenvalue weighted by molar-refractivity contribution is 0.558. The molecule has 0 bridgehead atoms. The quantitative estimate of drug-likeness (QED) is 0.137. The van der Waals surface area contributed by atoms with Gasteiger partial charge in [0.25, 0.3) is 0 Å². The molecule has 1 aliphatic rings. The number of rotatable bonds is 10. The molecule has 0 saturated carbocycles. The Hall–Kier alpha value is -11.2. The zero-order valence-electron chi connectivity index (χ0n) is 59.3. The van der Waals surface area contributed by atoms with Crippen LogP contribution in [0, 0.1) is 0 Å². The third kappa shape index (κ3) is 10.2. The summed E-state index contributed by atoms with van der Waals surface area (Å²) < 4.78 is 14.8. The van der Waals surface area contributed by atoms with Gasteiger partial charge in [-0.05, 0) is 194 Å². The van der Waals surface area contributed by atoms with E-state index in [2.05, 4.69) is 372 Å². The van der Waals surface area contributed by atoms with Gasteiger partial charge >= 0.3 is 0 Å². The molecule has 0 radical (unpaired) electrons. The minimum atomic E-state index is -0.169. The number of para-hydroxylation sites is 4. The molecule has 14 aromatic carbocycles. The monoisotopic (exact) mass is 1290 g/mol. The number of nitrogens with zero attached hydrogens (tertiary/aromatic N) is 2. The second-order valence-corrected chi connectivity index (χ2v) is 31.6. The summed E-state index contributed by atoms with van der Waals surface area (Å²) in [6.45, 7) is 27.6.